The number of primary amides is 1. The van der Waals surface area contributed by atoms with Crippen LogP contribution >= 0.6 is 23.2 Å². The van der Waals surface area contributed by atoms with Gasteiger partial charge < -0.3 is 10.5 Å². The topological polar surface area (TPSA) is 64.7 Å². The molecule has 0 atom stereocenters. The Morgan fingerprint density at radius 3 is 2.33 bits per heavy atom. The van der Waals surface area contributed by atoms with Gasteiger partial charge in [0.2, 0.25) is 0 Å². The molecule has 2 rings (SSSR count). The Morgan fingerprint density at radius 1 is 1.14 bits per heavy atom. The molecule has 2 aromatic rings. The number of ether oxygens (including phenoxy) is 1. The first kappa shape index (κ1) is 15.4. The second kappa shape index (κ2) is 7.11. The van der Waals surface area contributed by atoms with Gasteiger partial charge in [-0.25, -0.2) is 0 Å². The summed E-state index contributed by atoms with van der Waals surface area (Å²) in [5, 5.41) is 1.06. The number of amides is 1. The fraction of sp³-hybridized carbons (Fsp3) is 0.0667. The van der Waals surface area contributed by atoms with Crippen molar-refractivity contribution in [3.8, 4) is 5.75 Å². The van der Waals surface area contributed by atoms with E-state index in [1.54, 1.807) is 36.5 Å². The van der Waals surface area contributed by atoms with Gasteiger partial charge in [0, 0.05) is 16.3 Å². The molecule has 1 amide bonds. The molecule has 0 saturated carbocycles. The Labute approximate surface area is 132 Å². The first-order valence-corrected chi connectivity index (χ1v) is 6.80. The maximum absolute atomic E-state index is 10.6. The van der Waals surface area contributed by atoms with Crippen LogP contribution in [0.4, 0.5) is 5.69 Å². The van der Waals surface area contributed by atoms with Crippen LogP contribution < -0.4 is 10.5 Å². The molecule has 0 aliphatic heterocycles. The minimum atomic E-state index is -0.515. The van der Waals surface area contributed by atoms with Crippen LogP contribution in [0.5, 0.6) is 5.75 Å². The molecular weight excluding hydrogens is 311 g/mol. The van der Waals surface area contributed by atoms with Crippen LogP contribution in [0, 0.1) is 0 Å². The highest BCUT2D eigenvalue weighted by Gasteiger charge is 1.98. The molecule has 4 nitrogen and oxygen atoms in total. The van der Waals surface area contributed by atoms with Gasteiger partial charge >= 0.3 is 0 Å². The van der Waals surface area contributed by atoms with Crippen LogP contribution in [0.1, 0.15) is 5.56 Å². The molecule has 0 aromatic heterocycles. The zero-order valence-corrected chi connectivity index (χ0v) is 12.4. The summed E-state index contributed by atoms with van der Waals surface area (Å²) in [6.07, 6.45) is 1.68. The number of aliphatic imine (C=N–C) groups is 1. The van der Waals surface area contributed by atoms with E-state index in [2.05, 4.69) is 4.99 Å². The van der Waals surface area contributed by atoms with E-state index in [1.165, 1.54) is 0 Å². The van der Waals surface area contributed by atoms with Crippen molar-refractivity contribution in [1.29, 1.82) is 0 Å². The van der Waals surface area contributed by atoms with Crippen LogP contribution in [-0.2, 0) is 4.79 Å². The minimum Gasteiger partial charge on any atom is -0.484 e. The van der Waals surface area contributed by atoms with E-state index in [1.807, 2.05) is 12.1 Å². The summed E-state index contributed by atoms with van der Waals surface area (Å²) < 4.78 is 5.16. The van der Waals surface area contributed by atoms with Crippen molar-refractivity contribution in [2.24, 2.45) is 10.7 Å². The molecule has 2 aromatic carbocycles. The van der Waals surface area contributed by atoms with Crippen molar-refractivity contribution in [3.63, 3.8) is 0 Å². The van der Waals surface area contributed by atoms with Crippen molar-refractivity contribution in [1.82, 2.24) is 0 Å². The summed E-state index contributed by atoms with van der Waals surface area (Å²) in [5.74, 6) is 0.0511. The lowest BCUT2D eigenvalue weighted by molar-refractivity contribution is -0.119. The Kier molecular flexibility index (Phi) is 5.20. The van der Waals surface area contributed by atoms with Crippen molar-refractivity contribution in [2.45, 2.75) is 0 Å². The number of carbonyl (C=O) groups excluding carboxylic acids is 1. The molecular formula is C15H12Cl2N2O2. The lowest BCUT2D eigenvalue weighted by atomic mass is 10.2. The summed E-state index contributed by atoms with van der Waals surface area (Å²) in [5.41, 5.74) is 6.54. The second-order valence-corrected chi connectivity index (χ2v) is 5.08. The van der Waals surface area contributed by atoms with Gasteiger partial charge in [-0.05, 0) is 48.0 Å². The number of rotatable bonds is 5. The first-order valence-electron chi connectivity index (χ1n) is 6.04. The van der Waals surface area contributed by atoms with Crippen LogP contribution in [0.15, 0.2) is 47.5 Å². The Balaban J connectivity index is 2.05. The smallest absolute Gasteiger partial charge is 0.255 e. The summed E-state index contributed by atoms with van der Waals surface area (Å²) in [4.78, 5) is 14.9. The Hall–Kier alpha value is -2.04. The monoisotopic (exact) mass is 322 g/mol. The fourth-order valence-corrected chi connectivity index (χ4v) is 2.08. The highest BCUT2D eigenvalue weighted by Crippen LogP contribution is 2.24. The van der Waals surface area contributed by atoms with E-state index < -0.39 is 5.91 Å². The summed E-state index contributed by atoms with van der Waals surface area (Å²) >= 11 is 11.8. The number of hydrogen-bond acceptors (Lipinski definition) is 3. The third-order valence-electron chi connectivity index (χ3n) is 2.47. The van der Waals surface area contributed by atoms with Crippen molar-refractivity contribution in [2.75, 3.05) is 6.61 Å². The predicted octanol–water partition coefficient (Wildman–Crippen LogP) is 3.61. The van der Waals surface area contributed by atoms with Crippen LogP contribution in [0.3, 0.4) is 0 Å². The maximum Gasteiger partial charge on any atom is 0.255 e. The molecule has 108 valence electrons. The highest BCUT2D eigenvalue weighted by atomic mass is 35.5. The lowest BCUT2D eigenvalue weighted by Gasteiger charge is -2.03. The van der Waals surface area contributed by atoms with Gasteiger partial charge in [-0.2, -0.15) is 0 Å². The minimum absolute atomic E-state index is 0.144. The van der Waals surface area contributed by atoms with E-state index >= 15 is 0 Å². The molecule has 0 radical (unpaired) electrons. The molecule has 0 saturated heterocycles. The summed E-state index contributed by atoms with van der Waals surface area (Å²) in [7, 11) is 0. The number of nitrogens with zero attached hydrogens (tertiary/aromatic N) is 1. The van der Waals surface area contributed by atoms with E-state index in [4.69, 9.17) is 33.7 Å². The van der Waals surface area contributed by atoms with E-state index in [-0.39, 0.29) is 6.61 Å². The largest absolute Gasteiger partial charge is 0.484 e. The molecule has 0 bridgehead atoms. The third-order valence-corrected chi connectivity index (χ3v) is 2.91. The molecule has 21 heavy (non-hydrogen) atoms. The van der Waals surface area contributed by atoms with E-state index in [0.717, 1.165) is 5.56 Å². The van der Waals surface area contributed by atoms with E-state index in [9.17, 15) is 4.79 Å². The van der Waals surface area contributed by atoms with Gasteiger partial charge in [-0.3, -0.25) is 9.79 Å². The van der Waals surface area contributed by atoms with Crippen LogP contribution in [-0.4, -0.2) is 18.7 Å². The molecule has 6 heteroatoms. The molecule has 0 unspecified atom stereocenters. The Bertz CT molecular complexity index is 650. The molecule has 2 N–H and O–H groups in total. The zero-order chi connectivity index (χ0) is 15.2. The average molecular weight is 323 g/mol. The predicted molar refractivity (Wildman–Crippen MR) is 84.8 cm³/mol. The number of hydrogen-bond donors (Lipinski definition) is 1. The second-order valence-electron chi connectivity index (χ2n) is 4.21. The molecule has 0 heterocycles. The normalized spacial score (nSPS) is 10.8. The quantitative estimate of drug-likeness (QED) is 0.854. The Morgan fingerprint density at radius 2 is 1.76 bits per heavy atom. The highest BCUT2D eigenvalue weighted by molar-refractivity contribution is 6.35. The zero-order valence-electron chi connectivity index (χ0n) is 10.9. The lowest BCUT2D eigenvalue weighted by Crippen LogP contribution is -2.19. The van der Waals surface area contributed by atoms with E-state index in [0.29, 0.717) is 21.5 Å². The molecule has 0 aliphatic rings. The SMILES string of the molecule is NC(=O)COc1ccc(C=Nc2cc(Cl)cc(Cl)c2)cc1. The average Bonchev–Trinajstić information content (AvgIpc) is 2.43. The van der Waals surface area contributed by atoms with Gasteiger partial charge in [0.1, 0.15) is 5.75 Å². The summed E-state index contributed by atoms with van der Waals surface area (Å²) in [6.45, 7) is -0.144. The van der Waals surface area contributed by atoms with Crippen molar-refractivity contribution >= 4 is 41.0 Å². The fourth-order valence-electron chi connectivity index (χ4n) is 1.57. The first-order chi connectivity index (χ1) is 10.0. The van der Waals surface area contributed by atoms with Crippen molar-refractivity contribution in [3.05, 3.63) is 58.1 Å². The van der Waals surface area contributed by atoms with Gasteiger partial charge in [-0.15, -0.1) is 0 Å². The number of halogens is 2. The molecule has 0 spiro atoms. The van der Waals surface area contributed by atoms with Crippen molar-refractivity contribution < 1.29 is 9.53 Å². The van der Waals surface area contributed by atoms with Crippen LogP contribution in [0.25, 0.3) is 0 Å². The standard InChI is InChI=1S/C15H12Cl2N2O2/c16-11-5-12(17)7-13(6-11)19-8-10-1-3-14(4-2-10)21-9-15(18)20/h1-8H,9H2,(H2,18,20). The molecule has 0 fully saturated rings. The van der Waals surface area contributed by atoms with Gasteiger partial charge in [0.25, 0.3) is 5.91 Å². The number of benzene rings is 2. The van der Waals surface area contributed by atoms with Gasteiger partial charge in [0.15, 0.2) is 6.61 Å². The van der Waals surface area contributed by atoms with Crippen LogP contribution in [0.2, 0.25) is 10.0 Å². The van der Waals surface area contributed by atoms with Gasteiger partial charge in [-0.1, -0.05) is 23.2 Å². The number of nitrogens with two attached hydrogens (primary N) is 1. The summed E-state index contributed by atoms with van der Waals surface area (Å²) in [6, 6.07) is 12.2. The molecule has 0 aliphatic carbocycles. The third kappa shape index (κ3) is 5.10. The van der Waals surface area contributed by atoms with Gasteiger partial charge in [0.05, 0.1) is 5.69 Å². The number of carbonyl (C=O) groups is 1. The maximum atomic E-state index is 10.6.